The standard InChI is InChI=1S/C25H31FN4O2/c26-20-8-6-18(7-9-20)24(31)29-22-10-13-27-23(16-22)17-30-14-11-19(12-15-30)25(32)28-21-4-2-1-3-5-21/h6-10,13,16,19,21H,1-5,11-12,14-15,17H2,(H,28,32)(H,27,29,31). The molecular weight excluding hydrogens is 407 g/mol. The van der Waals surface area contributed by atoms with Crippen LogP contribution in [0.2, 0.25) is 0 Å². The van der Waals surface area contributed by atoms with E-state index in [-0.39, 0.29) is 23.5 Å². The summed E-state index contributed by atoms with van der Waals surface area (Å²) in [6.45, 7) is 2.39. The van der Waals surface area contributed by atoms with Gasteiger partial charge in [-0.2, -0.15) is 0 Å². The number of amides is 2. The van der Waals surface area contributed by atoms with Gasteiger partial charge >= 0.3 is 0 Å². The molecule has 7 heteroatoms. The Kier molecular flexibility index (Phi) is 7.47. The molecule has 6 nitrogen and oxygen atoms in total. The molecule has 1 saturated carbocycles. The second kappa shape index (κ2) is 10.7. The lowest BCUT2D eigenvalue weighted by molar-refractivity contribution is -0.127. The van der Waals surface area contributed by atoms with Crippen molar-refractivity contribution in [3.63, 3.8) is 0 Å². The number of anilines is 1. The number of nitrogens with one attached hydrogen (secondary N) is 2. The Morgan fingerprint density at radius 1 is 1.00 bits per heavy atom. The number of piperidine rings is 1. The van der Waals surface area contributed by atoms with Crippen molar-refractivity contribution in [3.05, 3.63) is 59.7 Å². The van der Waals surface area contributed by atoms with Crippen molar-refractivity contribution in [1.82, 2.24) is 15.2 Å². The summed E-state index contributed by atoms with van der Waals surface area (Å²) in [6, 6.07) is 9.43. The monoisotopic (exact) mass is 438 g/mol. The Labute approximate surface area is 188 Å². The van der Waals surface area contributed by atoms with Crippen LogP contribution < -0.4 is 10.6 Å². The van der Waals surface area contributed by atoms with Gasteiger partial charge in [0.05, 0.1) is 5.69 Å². The van der Waals surface area contributed by atoms with E-state index >= 15 is 0 Å². The molecule has 4 rings (SSSR count). The first-order valence-electron chi connectivity index (χ1n) is 11.6. The molecule has 1 aliphatic carbocycles. The Morgan fingerprint density at radius 3 is 2.44 bits per heavy atom. The van der Waals surface area contributed by atoms with Gasteiger partial charge in [0, 0.05) is 36.0 Å². The van der Waals surface area contributed by atoms with Gasteiger partial charge in [0.2, 0.25) is 5.91 Å². The lowest BCUT2D eigenvalue weighted by Gasteiger charge is -2.32. The topological polar surface area (TPSA) is 74.3 Å². The SMILES string of the molecule is O=C(Nc1ccnc(CN2CCC(C(=O)NC3CCCCC3)CC2)c1)c1ccc(F)cc1. The molecule has 1 aromatic heterocycles. The van der Waals surface area contributed by atoms with Crippen LogP contribution in [0.1, 0.15) is 61.0 Å². The molecule has 0 bridgehead atoms. The average molecular weight is 439 g/mol. The van der Waals surface area contributed by atoms with Crippen LogP contribution in [0, 0.1) is 11.7 Å². The first-order chi connectivity index (χ1) is 15.6. The van der Waals surface area contributed by atoms with Gasteiger partial charge in [-0.15, -0.1) is 0 Å². The largest absolute Gasteiger partial charge is 0.353 e. The van der Waals surface area contributed by atoms with Gasteiger partial charge in [-0.3, -0.25) is 19.5 Å². The molecule has 2 fully saturated rings. The molecule has 0 atom stereocenters. The molecule has 0 spiro atoms. The van der Waals surface area contributed by atoms with Gasteiger partial charge < -0.3 is 10.6 Å². The number of pyridine rings is 1. The first kappa shape index (κ1) is 22.4. The summed E-state index contributed by atoms with van der Waals surface area (Å²) in [5.74, 6) is -0.336. The van der Waals surface area contributed by atoms with Crippen LogP contribution in [0.3, 0.4) is 0 Å². The number of halogens is 1. The van der Waals surface area contributed by atoms with Gasteiger partial charge in [-0.05, 0) is 75.2 Å². The smallest absolute Gasteiger partial charge is 0.255 e. The van der Waals surface area contributed by atoms with Gasteiger partial charge in [0.25, 0.3) is 5.91 Å². The second-order valence-electron chi connectivity index (χ2n) is 8.89. The van der Waals surface area contributed by atoms with Crippen LogP contribution >= 0.6 is 0 Å². The molecule has 1 saturated heterocycles. The number of carbonyl (C=O) groups is 2. The van der Waals surface area contributed by atoms with Crippen LogP contribution in [0.25, 0.3) is 0 Å². The maximum absolute atomic E-state index is 13.1. The van der Waals surface area contributed by atoms with Crippen molar-refractivity contribution >= 4 is 17.5 Å². The van der Waals surface area contributed by atoms with E-state index in [2.05, 4.69) is 20.5 Å². The lowest BCUT2D eigenvalue weighted by atomic mass is 9.92. The van der Waals surface area contributed by atoms with E-state index in [0.29, 0.717) is 23.8 Å². The maximum atomic E-state index is 13.1. The molecule has 2 amide bonds. The summed E-state index contributed by atoms with van der Waals surface area (Å²) in [6.07, 6.45) is 9.36. The molecular formula is C25H31FN4O2. The third-order valence-electron chi connectivity index (χ3n) is 6.48. The van der Waals surface area contributed by atoms with Crippen LogP contribution in [0.5, 0.6) is 0 Å². The quantitative estimate of drug-likeness (QED) is 0.711. The molecule has 0 unspecified atom stereocenters. The fraction of sp³-hybridized carbons (Fsp3) is 0.480. The Morgan fingerprint density at radius 2 is 1.72 bits per heavy atom. The number of carbonyl (C=O) groups excluding carboxylic acids is 2. The Bertz CT molecular complexity index is 920. The minimum absolute atomic E-state index is 0.0995. The van der Waals surface area contributed by atoms with Crippen molar-refractivity contribution in [2.24, 2.45) is 5.92 Å². The molecule has 170 valence electrons. The average Bonchev–Trinajstić information content (AvgIpc) is 2.81. The second-order valence-corrected chi connectivity index (χ2v) is 8.89. The highest BCUT2D eigenvalue weighted by Gasteiger charge is 2.27. The highest BCUT2D eigenvalue weighted by atomic mass is 19.1. The minimum atomic E-state index is -0.372. The van der Waals surface area contributed by atoms with Gasteiger partial charge in [-0.1, -0.05) is 19.3 Å². The number of likely N-dealkylation sites (tertiary alicyclic amines) is 1. The van der Waals surface area contributed by atoms with Gasteiger partial charge in [0.15, 0.2) is 0 Å². The predicted molar refractivity (Wildman–Crippen MR) is 122 cm³/mol. The van der Waals surface area contributed by atoms with Crippen LogP contribution in [-0.4, -0.2) is 40.8 Å². The molecule has 0 radical (unpaired) electrons. The number of hydrogen-bond donors (Lipinski definition) is 2. The van der Waals surface area contributed by atoms with Crippen LogP contribution in [0.4, 0.5) is 10.1 Å². The fourth-order valence-corrected chi connectivity index (χ4v) is 4.60. The molecule has 1 aromatic carbocycles. The summed E-state index contributed by atoms with van der Waals surface area (Å²) >= 11 is 0. The maximum Gasteiger partial charge on any atom is 0.255 e. The van der Waals surface area contributed by atoms with E-state index < -0.39 is 0 Å². The van der Waals surface area contributed by atoms with E-state index in [4.69, 9.17) is 0 Å². The summed E-state index contributed by atoms with van der Waals surface area (Å²) < 4.78 is 13.1. The predicted octanol–water partition coefficient (Wildman–Crippen LogP) is 4.13. The zero-order valence-electron chi connectivity index (χ0n) is 18.4. The summed E-state index contributed by atoms with van der Waals surface area (Å²) in [7, 11) is 0. The van der Waals surface area contributed by atoms with Crippen molar-refractivity contribution < 1.29 is 14.0 Å². The van der Waals surface area contributed by atoms with E-state index in [1.165, 1.54) is 43.5 Å². The van der Waals surface area contributed by atoms with Crippen molar-refractivity contribution in [1.29, 1.82) is 0 Å². The highest BCUT2D eigenvalue weighted by Crippen LogP contribution is 2.22. The molecule has 2 heterocycles. The number of rotatable bonds is 6. The van der Waals surface area contributed by atoms with E-state index in [1.54, 1.807) is 12.3 Å². The van der Waals surface area contributed by atoms with E-state index in [0.717, 1.165) is 44.5 Å². The lowest BCUT2D eigenvalue weighted by Crippen LogP contribution is -2.44. The zero-order chi connectivity index (χ0) is 22.3. The number of benzene rings is 1. The molecule has 2 N–H and O–H groups in total. The number of aromatic nitrogens is 1. The van der Waals surface area contributed by atoms with Gasteiger partial charge in [0.1, 0.15) is 5.82 Å². The van der Waals surface area contributed by atoms with Crippen molar-refractivity contribution in [2.45, 2.75) is 57.5 Å². The molecule has 2 aromatic rings. The third kappa shape index (κ3) is 6.13. The summed E-state index contributed by atoms with van der Waals surface area (Å²) in [5.41, 5.74) is 1.93. The van der Waals surface area contributed by atoms with E-state index in [1.807, 2.05) is 6.07 Å². The number of hydrogen-bond acceptors (Lipinski definition) is 4. The summed E-state index contributed by atoms with van der Waals surface area (Å²) in [4.78, 5) is 31.7. The Balaban J connectivity index is 1.25. The first-order valence-corrected chi connectivity index (χ1v) is 11.6. The Hall–Kier alpha value is -2.80. The molecule has 1 aliphatic heterocycles. The van der Waals surface area contributed by atoms with Gasteiger partial charge in [-0.25, -0.2) is 4.39 Å². The van der Waals surface area contributed by atoms with Crippen LogP contribution in [0.15, 0.2) is 42.6 Å². The number of nitrogens with zero attached hydrogens (tertiary/aromatic N) is 2. The van der Waals surface area contributed by atoms with Crippen LogP contribution in [-0.2, 0) is 11.3 Å². The summed E-state index contributed by atoms with van der Waals surface area (Å²) in [5, 5.41) is 6.11. The van der Waals surface area contributed by atoms with E-state index in [9.17, 15) is 14.0 Å². The van der Waals surface area contributed by atoms with Crippen molar-refractivity contribution in [3.8, 4) is 0 Å². The normalized spacial score (nSPS) is 18.3. The van der Waals surface area contributed by atoms with Crippen molar-refractivity contribution in [2.75, 3.05) is 18.4 Å². The fourth-order valence-electron chi connectivity index (χ4n) is 4.60. The highest BCUT2D eigenvalue weighted by molar-refractivity contribution is 6.04. The third-order valence-corrected chi connectivity index (χ3v) is 6.48. The molecule has 2 aliphatic rings. The molecule has 32 heavy (non-hydrogen) atoms. The minimum Gasteiger partial charge on any atom is -0.353 e. The zero-order valence-corrected chi connectivity index (χ0v) is 18.4.